The zero-order valence-electron chi connectivity index (χ0n) is 15.7. The fourth-order valence-corrected chi connectivity index (χ4v) is 3.10. The van der Waals surface area contributed by atoms with Crippen molar-refractivity contribution in [2.45, 2.75) is 46.4 Å². The topological polar surface area (TPSA) is 71.2 Å². The van der Waals surface area contributed by atoms with E-state index in [0.717, 1.165) is 18.7 Å². The number of ether oxygens (including phenoxy) is 1. The summed E-state index contributed by atoms with van der Waals surface area (Å²) in [5.74, 6) is 0.612. The first-order chi connectivity index (χ1) is 11.9. The Morgan fingerprint density at radius 3 is 2.28 bits per heavy atom. The van der Waals surface area contributed by atoms with E-state index in [9.17, 15) is 4.79 Å². The molecule has 2 rings (SSSR count). The quantitative estimate of drug-likeness (QED) is 0.655. The predicted octanol–water partition coefficient (Wildman–Crippen LogP) is 2.09. The molecule has 0 spiro atoms. The number of carbonyl (C=O) groups excluding carboxylic acids is 1. The van der Waals surface area contributed by atoms with E-state index in [4.69, 9.17) is 10.5 Å². The molecule has 2 unspecified atom stereocenters. The number of hydrogen-bond acceptors (Lipinski definition) is 3. The third-order valence-corrected chi connectivity index (χ3v) is 4.42. The number of nitrogens with two attached hydrogens (primary N) is 1. The zero-order valence-corrected chi connectivity index (χ0v) is 15.7. The van der Waals surface area contributed by atoms with Crippen LogP contribution in [0.2, 0.25) is 0 Å². The minimum absolute atomic E-state index is 0.0553. The summed E-state index contributed by atoms with van der Waals surface area (Å²) in [5.41, 5.74) is 7.73. The number of hydrogen-bond donors (Lipinski definition) is 1. The molecule has 1 heterocycles. The van der Waals surface area contributed by atoms with Crippen molar-refractivity contribution < 1.29 is 9.53 Å². The Labute approximate surface area is 150 Å². The van der Waals surface area contributed by atoms with E-state index in [1.807, 2.05) is 47.9 Å². The molecule has 0 aromatic heterocycles. The molecule has 0 bridgehead atoms. The summed E-state index contributed by atoms with van der Waals surface area (Å²) in [5, 5.41) is 0. The highest BCUT2D eigenvalue weighted by Gasteiger charge is 2.26. The standard InChI is InChI=1S/C19H30N4O2/c1-5-22(6-2)19(20)21-11-16-7-9-17(10-8-16)18(24)23-12-14(3)25-15(4)13-23/h7-10,14-15H,5-6,11-13H2,1-4H3,(H2,20,21). The molecule has 1 aliphatic heterocycles. The molecule has 1 saturated heterocycles. The second kappa shape index (κ2) is 8.85. The summed E-state index contributed by atoms with van der Waals surface area (Å²) in [4.78, 5) is 21.0. The van der Waals surface area contributed by atoms with Gasteiger partial charge in [0.2, 0.25) is 0 Å². The van der Waals surface area contributed by atoms with Gasteiger partial charge in [0.15, 0.2) is 5.96 Å². The van der Waals surface area contributed by atoms with Crippen LogP contribution in [0.1, 0.15) is 43.6 Å². The fraction of sp³-hybridized carbons (Fsp3) is 0.579. The summed E-state index contributed by atoms with van der Waals surface area (Å²) in [6, 6.07) is 7.62. The van der Waals surface area contributed by atoms with Crippen molar-refractivity contribution >= 4 is 11.9 Å². The van der Waals surface area contributed by atoms with Gasteiger partial charge >= 0.3 is 0 Å². The molecular weight excluding hydrogens is 316 g/mol. The highest BCUT2D eigenvalue weighted by Crippen LogP contribution is 2.15. The van der Waals surface area contributed by atoms with Gasteiger partial charge in [0, 0.05) is 31.7 Å². The van der Waals surface area contributed by atoms with Gasteiger partial charge in [-0.3, -0.25) is 4.79 Å². The van der Waals surface area contributed by atoms with Gasteiger partial charge < -0.3 is 20.3 Å². The van der Waals surface area contributed by atoms with Crippen molar-refractivity contribution in [3.8, 4) is 0 Å². The van der Waals surface area contributed by atoms with Gasteiger partial charge in [-0.2, -0.15) is 0 Å². The summed E-state index contributed by atoms with van der Waals surface area (Å²) >= 11 is 0. The Morgan fingerprint density at radius 1 is 1.20 bits per heavy atom. The molecule has 1 fully saturated rings. The maximum atomic E-state index is 12.7. The number of guanidine groups is 1. The first-order valence-electron chi connectivity index (χ1n) is 9.03. The Kier molecular flexibility index (Phi) is 6.82. The molecule has 138 valence electrons. The fourth-order valence-electron chi connectivity index (χ4n) is 3.10. The number of nitrogens with zero attached hydrogens (tertiary/aromatic N) is 3. The molecule has 1 aromatic rings. The molecule has 0 radical (unpaired) electrons. The smallest absolute Gasteiger partial charge is 0.254 e. The van der Waals surface area contributed by atoms with E-state index >= 15 is 0 Å². The molecule has 1 amide bonds. The van der Waals surface area contributed by atoms with E-state index < -0.39 is 0 Å². The van der Waals surface area contributed by atoms with Crippen LogP contribution in [0.25, 0.3) is 0 Å². The normalized spacial score (nSPS) is 21.3. The number of amides is 1. The van der Waals surface area contributed by atoms with Gasteiger partial charge in [0.25, 0.3) is 5.91 Å². The van der Waals surface area contributed by atoms with E-state index in [1.54, 1.807) is 0 Å². The maximum absolute atomic E-state index is 12.7. The Balaban J connectivity index is 1.99. The van der Waals surface area contributed by atoms with Crippen molar-refractivity contribution in [1.82, 2.24) is 9.80 Å². The van der Waals surface area contributed by atoms with Crippen molar-refractivity contribution in [2.24, 2.45) is 10.7 Å². The largest absolute Gasteiger partial charge is 0.372 e. The lowest BCUT2D eigenvalue weighted by Gasteiger charge is -2.35. The second-order valence-corrected chi connectivity index (χ2v) is 6.51. The minimum Gasteiger partial charge on any atom is -0.372 e. The zero-order chi connectivity index (χ0) is 18.4. The average molecular weight is 346 g/mol. The lowest BCUT2D eigenvalue weighted by molar-refractivity contribution is -0.0586. The lowest BCUT2D eigenvalue weighted by atomic mass is 10.1. The Morgan fingerprint density at radius 2 is 1.76 bits per heavy atom. The van der Waals surface area contributed by atoms with Gasteiger partial charge in [0.1, 0.15) is 0 Å². The molecule has 2 atom stereocenters. The van der Waals surface area contributed by atoms with Crippen molar-refractivity contribution in [3.05, 3.63) is 35.4 Å². The summed E-state index contributed by atoms with van der Waals surface area (Å²) in [6.07, 6.45) is 0.147. The van der Waals surface area contributed by atoms with Gasteiger partial charge in [-0.15, -0.1) is 0 Å². The Hall–Kier alpha value is -2.08. The maximum Gasteiger partial charge on any atom is 0.254 e. The van der Waals surface area contributed by atoms with E-state index in [0.29, 0.717) is 31.2 Å². The van der Waals surface area contributed by atoms with Crippen LogP contribution in [-0.2, 0) is 11.3 Å². The second-order valence-electron chi connectivity index (χ2n) is 6.51. The van der Waals surface area contributed by atoms with Crippen LogP contribution < -0.4 is 5.73 Å². The van der Waals surface area contributed by atoms with Crippen molar-refractivity contribution in [2.75, 3.05) is 26.2 Å². The lowest BCUT2D eigenvalue weighted by Crippen LogP contribution is -2.48. The minimum atomic E-state index is 0.0553. The third kappa shape index (κ3) is 5.19. The monoisotopic (exact) mass is 346 g/mol. The molecule has 0 aliphatic carbocycles. The van der Waals surface area contributed by atoms with Crippen LogP contribution >= 0.6 is 0 Å². The SMILES string of the molecule is CCN(CC)C(N)=NCc1ccc(C(=O)N2CC(C)OC(C)C2)cc1. The van der Waals surface area contributed by atoms with Gasteiger partial charge in [-0.25, -0.2) is 4.99 Å². The van der Waals surface area contributed by atoms with Gasteiger partial charge in [-0.1, -0.05) is 12.1 Å². The first-order valence-corrected chi connectivity index (χ1v) is 9.03. The van der Waals surface area contributed by atoms with Crippen molar-refractivity contribution in [1.29, 1.82) is 0 Å². The molecule has 6 nitrogen and oxygen atoms in total. The molecule has 25 heavy (non-hydrogen) atoms. The highest BCUT2D eigenvalue weighted by atomic mass is 16.5. The van der Waals surface area contributed by atoms with Crippen molar-refractivity contribution in [3.63, 3.8) is 0 Å². The van der Waals surface area contributed by atoms with Crippen LogP contribution in [0.5, 0.6) is 0 Å². The van der Waals surface area contributed by atoms with E-state index in [1.165, 1.54) is 0 Å². The highest BCUT2D eigenvalue weighted by molar-refractivity contribution is 5.94. The Bertz CT molecular complexity index is 586. The third-order valence-electron chi connectivity index (χ3n) is 4.42. The number of benzene rings is 1. The summed E-state index contributed by atoms with van der Waals surface area (Å²) in [7, 11) is 0. The molecule has 1 aliphatic rings. The predicted molar refractivity (Wildman–Crippen MR) is 101 cm³/mol. The van der Waals surface area contributed by atoms with Gasteiger partial charge in [0.05, 0.1) is 18.8 Å². The van der Waals surface area contributed by atoms with E-state index in [-0.39, 0.29) is 18.1 Å². The molecular formula is C19H30N4O2. The first kappa shape index (κ1) is 19.2. The number of morpholine rings is 1. The van der Waals surface area contributed by atoms with E-state index in [2.05, 4.69) is 18.8 Å². The van der Waals surface area contributed by atoms with Crippen LogP contribution in [0.4, 0.5) is 0 Å². The number of carbonyl (C=O) groups is 1. The van der Waals surface area contributed by atoms with Gasteiger partial charge in [-0.05, 0) is 45.4 Å². The van der Waals surface area contributed by atoms with Crippen LogP contribution in [0.3, 0.4) is 0 Å². The number of rotatable bonds is 5. The van der Waals surface area contributed by atoms with Crippen LogP contribution in [-0.4, -0.2) is 60.1 Å². The van der Waals surface area contributed by atoms with Crippen LogP contribution in [0, 0.1) is 0 Å². The number of aliphatic imine (C=N–C) groups is 1. The van der Waals surface area contributed by atoms with Crippen LogP contribution in [0.15, 0.2) is 29.3 Å². The summed E-state index contributed by atoms with van der Waals surface area (Å²) in [6.45, 7) is 11.6. The summed E-state index contributed by atoms with van der Waals surface area (Å²) < 4.78 is 5.69. The average Bonchev–Trinajstić information content (AvgIpc) is 2.60. The molecule has 2 N–H and O–H groups in total. The molecule has 0 saturated carbocycles. The molecule has 1 aromatic carbocycles. The molecule has 6 heteroatoms.